The lowest BCUT2D eigenvalue weighted by atomic mass is 9.90. The number of hydrogen-bond acceptors (Lipinski definition) is 5. The molecule has 1 aromatic rings. The second kappa shape index (κ2) is 7.21. The molecule has 2 N–H and O–H groups in total. The van der Waals surface area contributed by atoms with E-state index in [4.69, 9.17) is 9.15 Å². The van der Waals surface area contributed by atoms with Crippen LogP contribution in [0.5, 0.6) is 0 Å². The van der Waals surface area contributed by atoms with Crippen LogP contribution in [-0.4, -0.2) is 35.7 Å². The van der Waals surface area contributed by atoms with Gasteiger partial charge in [0.25, 0.3) is 10.0 Å². The molecule has 0 unspecified atom stereocenters. The van der Waals surface area contributed by atoms with E-state index in [0.29, 0.717) is 12.3 Å². The number of nitrogens with one attached hydrogen (secondary N) is 2. The highest BCUT2D eigenvalue weighted by molar-refractivity contribution is 7.89. The van der Waals surface area contributed by atoms with E-state index in [1.165, 1.54) is 13.1 Å². The van der Waals surface area contributed by atoms with Crippen molar-refractivity contribution in [3.05, 3.63) is 17.9 Å². The Hall–Kier alpha value is -0.890. The Balaban J connectivity index is 2.47. The van der Waals surface area contributed by atoms with Crippen LogP contribution in [0.15, 0.2) is 21.6 Å². The lowest BCUT2D eigenvalue weighted by Crippen LogP contribution is -2.30. The minimum absolute atomic E-state index is 0.0598. The summed E-state index contributed by atoms with van der Waals surface area (Å²) in [6, 6.07) is 3.12. The molecule has 7 heteroatoms. The van der Waals surface area contributed by atoms with Gasteiger partial charge in [-0.3, -0.25) is 0 Å². The van der Waals surface area contributed by atoms with Gasteiger partial charge in [-0.05, 0) is 31.0 Å². The van der Waals surface area contributed by atoms with Crippen molar-refractivity contribution < 1.29 is 17.6 Å². The fourth-order valence-electron chi connectivity index (χ4n) is 1.69. The molecule has 0 aliphatic heterocycles. The molecule has 1 aromatic heterocycles. The van der Waals surface area contributed by atoms with Crippen LogP contribution in [0.4, 0.5) is 0 Å². The highest BCUT2D eigenvalue weighted by Crippen LogP contribution is 2.19. The van der Waals surface area contributed by atoms with E-state index in [0.717, 1.165) is 19.6 Å². The van der Waals surface area contributed by atoms with Crippen LogP contribution in [0.3, 0.4) is 0 Å². The third-order valence-corrected chi connectivity index (χ3v) is 4.34. The van der Waals surface area contributed by atoms with Gasteiger partial charge in [0.1, 0.15) is 5.76 Å². The third-order valence-electron chi connectivity index (χ3n) is 3.06. The summed E-state index contributed by atoms with van der Waals surface area (Å²) in [6.45, 7) is 6.32. The maximum absolute atomic E-state index is 11.5. The summed E-state index contributed by atoms with van der Waals surface area (Å²) >= 11 is 0. The van der Waals surface area contributed by atoms with Crippen molar-refractivity contribution in [1.82, 2.24) is 10.0 Å². The summed E-state index contributed by atoms with van der Waals surface area (Å²) in [5.41, 5.74) is 0.114. The second-order valence-electron chi connectivity index (χ2n) is 5.44. The Morgan fingerprint density at radius 1 is 1.35 bits per heavy atom. The lowest BCUT2D eigenvalue weighted by molar-refractivity contribution is 0.150. The highest BCUT2D eigenvalue weighted by atomic mass is 32.2. The Morgan fingerprint density at radius 2 is 2.05 bits per heavy atom. The first kappa shape index (κ1) is 17.2. The fraction of sp³-hybridized carbons (Fsp3) is 0.692. The number of methoxy groups -OCH3 is 1. The quantitative estimate of drug-likeness (QED) is 0.719. The van der Waals surface area contributed by atoms with Gasteiger partial charge < -0.3 is 14.5 Å². The smallest absolute Gasteiger partial charge is 0.273 e. The van der Waals surface area contributed by atoms with Crippen LogP contribution in [-0.2, 0) is 21.3 Å². The highest BCUT2D eigenvalue weighted by Gasteiger charge is 2.18. The first-order valence-corrected chi connectivity index (χ1v) is 8.01. The molecule has 0 aliphatic rings. The maximum Gasteiger partial charge on any atom is 0.273 e. The van der Waals surface area contributed by atoms with E-state index in [-0.39, 0.29) is 10.5 Å². The van der Waals surface area contributed by atoms with E-state index in [1.807, 2.05) is 0 Å². The zero-order chi connectivity index (χ0) is 15.2. The number of ether oxygens (including phenoxy) is 1. The van der Waals surface area contributed by atoms with E-state index in [1.54, 1.807) is 13.2 Å². The summed E-state index contributed by atoms with van der Waals surface area (Å²) in [6.07, 6.45) is 0.952. The zero-order valence-electron chi connectivity index (χ0n) is 12.5. The van der Waals surface area contributed by atoms with Crippen LogP contribution in [0.2, 0.25) is 0 Å². The molecular formula is C13H24N2O4S. The number of hydrogen-bond donors (Lipinski definition) is 2. The summed E-state index contributed by atoms with van der Waals surface area (Å²) in [5.74, 6) is 0.598. The average Bonchev–Trinajstić information content (AvgIpc) is 2.86. The molecule has 1 rings (SSSR count). The van der Waals surface area contributed by atoms with Crippen molar-refractivity contribution >= 4 is 10.0 Å². The monoisotopic (exact) mass is 304 g/mol. The van der Waals surface area contributed by atoms with Gasteiger partial charge in [-0.25, -0.2) is 13.1 Å². The largest absolute Gasteiger partial charge is 0.447 e. The first-order valence-electron chi connectivity index (χ1n) is 6.53. The SMILES string of the molecule is CNS(=O)(=O)c1ccc(CNCC(C)(C)CCOC)o1. The van der Waals surface area contributed by atoms with Crippen molar-refractivity contribution in [2.45, 2.75) is 31.9 Å². The molecule has 0 atom stereocenters. The normalized spacial score (nSPS) is 12.8. The number of sulfonamides is 1. The molecule has 0 fully saturated rings. The van der Waals surface area contributed by atoms with E-state index in [2.05, 4.69) is 23.9 Å². The molecule has 20 heavy (non-hydrogen) atoms. The zero-order valence-corrected chi connectivity index (χ0v) is 13.3. The average molecular weight is 304 g/mol. The van der Waals surface area contributed by atoms with Gasteiger partial charge in [-0.1, -0.05) is 13.8 Å². The Labute approximate surface area is 120 Å². The Kier molecular flexibility index (Phi) is 6.19. The van der Waals surface area contributed by atoms with Crippen molar-refractivity contribution in [2.75, 3.05) is 27.3 Å². The third kappa shape index (κ3) is 5.24. The van der Waals surface area contributed by atoms with Gasteiger partial charge in [0.15, 0.2) is 0 Å². The van der Waals surface area contributed by atoms with Crippen molar-refractivity contribution in [1.29, 1.82) is 0 Å². The molecule has 0 spiro atoms. The second-order valence-corrected chi connectivity index (χ2v) is 7.26. The van der Waals surface area contributed by atoms with Crippen LogP contribution < -0.4 is 10.0 Å². The molecule has 6 nitrogen and oxygen atoms in total. The van der Waals surface area contributed by atoms with E-state index < -0.39 is 10.0 Å². The number of rotatable bonds is 9. The fourth-order valence-corrected chi connectivity index (χ4v) is 2.35. The molecule has 0 saturated carbocycles. The van der Waals surface area contributed by atoms with Crippen LogP contribution in [0.1, 0.15) is 26.0 Å². The lowest BCUT2D eigenvalue weighted by Gasteiger charge is -2.24. The molecule has 0 aliphatic carbocycles. The Bertz CT molecular complexity index is 508. The van der Waals surface area contributed by atoms with Gasteiger partial charge in [-0.2, -0.15) is 0 Å². The molecule has 116 valence electrons. The standard InChI is InChI=1S/C13H24N2O4S/c1-13(2,7-8-18-4)10-15-9-11-5-6-12(19-11)20(16,17)14-3/h5-6,14-15H,7-10H2,1-4H3. The molecule has 1 heterocycles. The summed E-state index contributed by atoms with van der Waals surface area (Å²) < 4.78 is 35.6. The number of furan rings is 1. The van der Waals surface area contributed by atoms with Crippen molar-refractivity contribution in [2.24, 2.45) is 5.41 Å². The van der Waals surface area contributed by atoms with Crippen molar-refractivity contribution in [3.63, 3.8) is 0 Å². The van der Waals surface area contributed by atoms with Crippen LogP contribution >= 0.6 is 0 Å². The van der Waals surface area contributed by atoms with Gasteiger partial charge in [0.05, 0.1) is 6.54 Å². The molecule has 0 aromatic carbocycles. The molecular weight excluding hydrogens is 280 g/mol. The summed E-state index contributed by atoms with van der Waals surface area (Å²) in [7, 11) is -0.458. The molecule has 0 amide bonds. The molecule has 0 saturated heterocycles. The maximum atomic E-state index is 11.5. The van der Waals surface area contributed by atoms with Gasteiger partial charge in [-0.15, -0.1) is 0 Å². The summed E-state index contributed by atoms with van der Waals surface area (Å²) in [4.78, 5) is 0. The molecule has 0 bridgehead atoms. The predicted octanol–water partition coefficient (Wildman–Crippen LogP) is 1.34. The van der Waals surface area contributed by atoms with Crippen LogP contribution in [0.25, 0.3) is 0 Å². The molecule has 0 radical (unpaired) electrons. The van der Waals surface area contributed by atoms with E-state index in [9.17, 15) is 8.42 Å². The minimum atomic E-state index is -3.50. The summed E-state index contributed by atoms with van der Waals surface area (Å²) in [5, 5.41) is 3.21. The van der Waals surface area contributed by atoms with Gasteiger partial charge in [0, 0.05) is 20.3 Å². The van der Waals surface area contributed by atoms with Crippen molar-refractivity contribution in [3.8, 4) is 0 Å². The van der Waals surface area contributed by atoms with Gasteiger partial charge >= 0.3 is 0 Å². The topological polar surface area (TPSA) is 80.6 Å². The minimum Gasteiger partial charge on any atom is -0.447 e. The van der Waals surface area contributed by atoms with E-state index >= 15 is 0 Å². The first-order chi connectivity index (χ1) is 9.30. The predicted molar refractivity (Wildman–Crippen MR) is 76.9 cm³/mol. The van der Waals surface area contributed by atoms with Gasteiger partial charge in [0.2, 0.25) is 5.09 Å². The van der Waals surface area contributed by atoms with Crippen LogP contribution in [0, 0.1) is 5.41 Å². The Morgan fingerprint density at radius 3 is 2.65 bits per heavy atom.